The number of amidine groups is 1. The third kappa shape index (κ3) is 4.00. The van der Waals surface area contributed by atoms with Crippen LogP contribution < -0.4 is 0 Å². The van der Waals surface area contributed by atoms with Crippen molar-refractivity contribution in [3.8, 4) is 0 Å². The Bertz CT molecular complexity index is 930. The second-order valence-corrected chi connectivity index (χ2v) is 6.77. The topological polar surface area (TPSA) is 40.3 Å². The number of guanidine groups is 1. The second kappa shape index (κ2) is 10.7. The molecule has 2 heterocycles. The van der Waals surface area contributed by atoms with Crippen LogP contribution in [0.5, 0.6) is 0 Å². The summed E-state index contributed by atoms with van der Waals surface area (Å²) in [5, 5.41) is 0. The zero-order valence-corrected chi connectivity index (χ0v) is 19.0. The molecule has 3 rings (SSSR count). The van der Waals surface area contributed by atoms with Gasteiger partial charge in [-0.3, -0.25) is 4.90 Å². The van der Waals surface area contributed by atoms with E-state index in [2.05, 4.69) is 62.5 Å². The number of fused-ring (bicyclic) bond motifs is 2. The number of hydrogen-bond acceptors (Lipinski definition) is 4. The molecular weight excluding hydrogens is 368 g/mol. The molecule has 0 spiro atoms. The first-order valence-electron chi connectivity index (χ1n) is 10.8. The van der Waals surface area contributed by atoms with E-state index in [9.17, 15) is 0 Å². The van der Waals surface area contributed by atoms with E-state index in [1.54, 1.807) is 0 Å². The minimum atomic E-state index is -0.618. The first-order chi connectivity index (χ1) is 14.7. The van der Waals surface area contributed by atoms with E-state index >= 15 is 0 Å². The number of aliphatic imine (C=N–C) groups is 3. The van der Waals surface area contributed by atoms with Crippen molar-refractivity contribution >= 4 is 29.9 Å². The molecule has 158 valence electrons. The van der Waals surface area contributed by atoms with Crippen molar-refractivity contribution < 1.29 is 0 Å². The molecule has 0 fully saturated rings. The summed E-state index contributed by atoms with van der Waals surface area (Å²) >= 11 is 0. The van der Waals surface area contributed by atoms with Crippen molar-refractivity contribution in [3.63, 3.8) is 0 Å². The van der Waals surface area contributed by atoms with Crippen molar-refractivity contribution in [3.05, 3.63) is 72.4 Å². The third-order valence-corrected chi connectivity index (χ3v) is 5.16. The molecule has 2 aliphatic heterocycles. The third-order valence-electron chi connectivity index (χ3n) is 5.16. The van der Waals surface area contributed by atoms with E-state index < -0.39 is 5.54 Å². The minimum absolute atomic E-state index is 0.585. The SMILES string of the molecule is C=CCC1(/C(=C/C=C\CC)CC)N=C(N=C)N2C1=Nc1ccccc1/C2=C/C.CC. The summed E-state index contributed by atoms with van der Waals surface area (Å²) in [5.74, 6) is 1.46. The van der Waals surface area contributed by atoms with Crippen molar-refractivity contribution in [2.24, 2.45) is 15.0 Å². The maximum atomic E-state index is 5.07. The highest BCUT2D eigenvalue weighted by Crippen LogP contribution is 2.45. The quantitative estimate of drug-likeness (QED) is 0.284. The molecule has 1 atom stereocenters. The fourth-order valence-electron chi connectivity index (χ4n) is 3.89. The van der Waals surface area contributed by atoms with Crippen LogP contribution in [0.25, 0.3) is 5.70 Å². The lowest BCUT2D eigenvalue weighted by atomic mass is 9.83. The molecule has 0 aromatic heterocycles. The van der Waals surface area contributed by atoms with Gasteiger partial charge in [-0.05, 0) is 38.1 Å². The summed E-state index contributed by atoms with van der Waals surface area (Å²) < 4.78 is 0. The lowest BCUT2D eigenvalue weighted by Crippen LogP contribution is -2.44. The van der Waals surface area contributed by atoms with Gasteiger partial charge in [0.15, 0.2) is 0 Å². The minimum Gasteiger partial charge on any atom is -0.264 e. The molecular formula is C26H34N4. The molecule has 0 bridgehead atoms. The van der Waals surface area contributed by atoms with Crippen LogP contribution in [0.3, 0.4) is 0 Å². The highest BCUT2D eigenvalue weighted by atomic mass is 15.4. The van der Waals surface area contributed by atoms with Crippen LogP contribution in [-0.4, -0.2) is 29.0 Å². The summed E-state index contributed by atoms with van der Waals surface area (Å²) in [6.45, 7) is 18.1. The number of nitrogens with zero attached hydrogens (tertiary/aromatic N) is 4. The smallest absolute Gasteiger partial charge is 0.231 e. The van der Waals surface area contributed by atoms with Gasteiger partial charge in [0.25, 0.3) is 0 Å². The number of hydrogen-bond donors (Lipinski definition) is 0. The van der Waals surface area contributed by atoms with Gasteiger partial charge in [0.05, 0.1) is 11.4 Å². The number of para-hydroxylation sites is 1. The Morgan fingerprint density at radius 1 is 1.23 bits per heavy atom. The number of allylic oxidation sites excluding steroid dienone is 4. The van der Waals surface area contributed by atoms with E-state index in [1.165, 1.54) is 5.57 Å². The van der Waals surface area contributed by atoms with Crippen molar-refractivity contribution in [2.75, 3.05) is 0 Å². The fraction of sp³-hybridized carbons (Fsp3) is 0.346. The molecule has 1 aromatic carbocycles. The summed E-state index contributed by atoms with van der Waals surface area (Å²) in [5.41, 5.74) is 3.64. The Balaban J connectivity index is 0.00000155. The molecule has 0 saturated carbocycles. The summed E-state index contributed by atoms with van der Waals surface area (Å²) in [6.07, 6.45) is 12.9. The maximum Gasteiger partial charge on any atom is 0.231 e. The van der Waals surface area contributed by atoms with Gasteiger partial charge < -0.3 is 0 Å². The van der Waals surface area contributed by atoms with Crippen LogP contribution in [0.2, 0.25) is 0 Å². The van der Waals surface area contributed by atoms with Gasteiger partial charge in [0, 0.05) is 12.0 Å². The molecule has 2 aliphatic rings. The predicted molar refractivity (Wildman–Crippen MR) is 133 cm³/mol. The molecule has 0 aliphatic carbocycles. The monoisotopic (exact) mass is 402 g/mol. The van der Waals surface area contributed by atoms with Gasteiger partial charge in [-0.1, -0.05) is 76.3 Å². The average Bonchev–Trinajstić information content (AvgIpc) is 3.10. The van der Waals surface area contributed by atoms with Crippen molar-refractivity contribution in [2.45, 2.75) is 59.4 Å². The maximum absolute atomic E-state index is 5.07. The van der Waals surface area contributed by atoms with E-state index in [0.717, 1.165) is 35.6 Å². The summed E-state index contributed by atoms with van der Waals surface area (Å²) in [4.78, 5) is 16.4. The molecule has 1 aromatic rings. The zero-order chi connectivity index (χ0) is 22.1. The molecule has 0 radical (unpaired) electrons. The van der Waals surface area contributed by atoms with Gasteiger partial charge in [-0.15, -0.1) is 6.58 Å². The Hall–Kier alpha value is -3.01. The Morgan fingerprint density at radius 2 is 1.97 bits per heavy atom. The Kier molecular flexibility index (Phi) is 8.28. The highest BCUT2D eigenvalue weighted by molar-refractivity contribution is 6.20. The Labute approximate surface area is 181 Å². The summed E-state index contributed by atoms with van der Waals surface area (Å²) in [7, 11) is 0. The van der Waals surface area contributed by atoms with Gasteiger partial charge >= 0.3 is 0 Å². The predicted octanol–water partition coefficient (Wildman–Crippen LogP) is 7.11. The zero-order valence-electron chi connectivity index (χ0n) is 19.0. The normalized spacial score (nSPS) is 21.4. The van der Waals surface area contributed by atoms with Crippen LogP contribution in [-0.2, 0) is 0 Å². The lowest BCUT2D eigenvalue weighted by Gasteiger charge is -2.34. The lowest BCUT2D eigenvalue weighted by molar-refractivity contribution is 0.636. The van der Waals surface area contributed by atoms with Crippen LogP contribution in [0.1, 0.15) is 59.4 Å². The molecule has 4 nitrogen and oxygen atoms in total. The van der Waals surface area contributed by atoms with E-state index in [1.807, 2.05) is 49.9 Å². The van der Waals surface area contributed by atoms with Crippen molar-refractivity contribution in [1.82, 2.24) is 4.90 Å². The average molecular weight is 403 g/mol. The van der Waals surface area contributed by atoms with Crippen molar-refractivity contribution in [1.29, 1.82) is 0 Å². The van der Waals surface area contributed by atoms with Crippen LogP contribution in [0, 0.1) is 0 Å². The highest BCUT2D eigenvalue weighted by Gasteiger charge is 2.50. The van der Waals surface area contributed by atoms with Crippen LogP contribution >= 0.6 is 0 Å². The van der Waals surface area contributed by atoms with Gasteiger partial charge in [0.2, 0.25) is 5.96 Å². The fourth-order valence-corrected chi connectivity index (χ4v) is 3.89. The first kappa shape index (κ1) is 23.3. The molecule has 4 heteroatoms. The molecule has 0 N–H and O–H groups in total. The molecule has 1 unspecified atom stereocenters. The number of rotatable bonds is 6. The first-order valence-corrected chi connectivity index (χ1v) is 10.8. The van der Waals surface area contributed by atoms with Gasteiger partial charge in [-0.25, -0.2) is 15.0 Å². The standard InChI is InChI=1S/C24H28N4.C2H6/c1-6-10-11-14-18(8-3)24(17-7-2)22-26-20-16-13-12-15-19(20)21(9-4)28(22)23(25-5)27-24;1-2/h7,9-16H,2,5-6,8,17H2,1,3-4H3;1-2H3/b11-10-,18-14+,21-9-;. The molecule has 0 amide bonds. The van der Waals surface area contributed by atoms with Crippen LogP contribution in [0.15, 0.2) is 81.8 Å². The number of benzene rings is 1. The Morgan fingerprint density at radius 3 is 2.57 bits per heavy atom. The summed E-state index contributed by atoms with van der Waals surface area (Å²) in [6, 6.07) is 8.18. The van der Waals surface area contributed by atoms with Gasteiger partial charge in [-0.2, -0.15) is 0 Å². The van der Waals surface area contributed by atoms with E-state index in [-0.39, 0.29) is 0 Å². The van der Waals surface area contributed by atoms with E-state index in [0.29, 0.717) is 12.4 Å². The van der Waals surface area contributed by atoms with E-state index in [4.69, 9.17) is 9.98 Å². The molecule has 30 heavy (non-hydrogen) atoms. The second-order valence-electron chi connectivity index (χ2n) is 6.77. The largest absolute Gasteiger partial charge is 0.264 e. The van der Waals surface area contributed by atoms with Crippen LogP contribution in [0.4, 0.5) is 5.69 Å². The molecule has 0 saturated heterocycles. The van der Waals surface area contributed by atoms with Gasteiger partial charge in [0.1, 0.15) is 11.4 Å².